The number of aromatic nitrogens is 4. The highest BCUT2D eigenvalue weighted by molar-refractivity contribution is 6.33. The fraction of sp³-hybridized carbons (Fsp3) is 0.143. The summed E-state index contributed by atoms with van der Waals surface area (Å²) in [5.74, 6) is -0.385. The molecule has 0 saturated heterocycles. The van der Waals surface area contributed by atoms with E-state index in [9.17, 15) is 9.59 Å². The number of aromatic amines is 1. The third kappa shape index (κ3) is 3.52. The van der Waals surface area contributed by atoms with E-state index >= 15 is 0 Å². The highest BCUT2D eigenvalue weighted by Crippen LogP contribution is 2.26. The largest absolute Gasteiger partial charge is 0.451 e. The van der Waals surface area contributed by atoms with Crippen LogP contribution in [0.3, 0.4) is 0 Å². The van der Waals surface area contributed by atoms with Crippen molar-refractivity contribution in [3.63, 3.8) is 0 Å². The van der Waals surface area contributed by atoms with Gasteiger partial charge in [-0.2, -0.15) is 5.10 Å². The molecular weight excluding hydrogens is 392 g/mol. The van der Waals surface area contributed by atoms with E-state index in [0.717, 1.165) is 5.69 Å². The minimum absolute atomic E-state index is 0.158. The minimum atomic E-state index is -0.782. The van der Waals surface area contributed by atoms with Gasteiger partial charge in [-0.15, -0.1) is 0 Å². The SMILES string of the molecule is Cc1nn(-c2ccccc2)c(Cl)c1C(=O)O[C@@H](C)c1nc2ccccc2c(=O)[nH]1. The van der Waals surface area contributed by atoms with Crippen molar-refractivity contribution in [2.75, 3.05) is 0 Å². The van der Waals surface area contributed by atoms with E-state index in [0.29, 0.717) is 16.6 Å². The molecule has 2 heterocycles. The standard InChI is InChI=1S/C21H17ClN4O3/c1-12-17(18(22)26(25-12)14-8-4-3-5-9-14)21(28)29-13(2)19-23-16-11-7-6-10-15(16)20(27)24-19/h3-11,13H,1-2H3,(H,23,24,27)/t13-/m0/s1. The van der Waals surface area contributed by atoms with Gasteiger partial charge in [-0.3, -0.25) is 4.79 Å². The number of hydrogen-bond donors (Lipinski definition) is 1. The molecular formula is C21H17ClN4O3. The van der Waals surface area contributed by atoms with Gasteiger partial charge in [-0.25, -0.2) is 14.5 Å². The van der Waals surface area contributed by atoms with E-state index < -0.39 is 12.1 Å². The second-order valence-corrected chi connectivity index (χ2v) is 6.87. The maximum atomic E-state index is 12.8. The van der Waals surface area contributed by atoms with Gasteiger partial charge in [-0.05, 0) is 38.1 Å². The Labute approximate surface area is 170 Å². The lowest BCUT2D eigenvalue weighted by molar-refractivity contribution is 0.0319. The molecule has 0 radical (unpaired) electrons. The Morgan fingerprint density at radius 1 is 1.14 bits per heavy atom. The Hall–Kier alpha value is -3.45. The van der Waals surface area contributed by atoms with E-state index in [-0.39, 0.29) is 22.1 Å². The van der Waals surface area contributed by atoms with Crippen molar-refractivity contribution in [3.05, 3.63) is 87.2 Å². The van der Waals surface area contributed by atoms with Gasteiger partial charge < -0.3 is 9.72 Å². The molecule has 7 nitrogen and oxygen atoms in total. The Kier molecular flexibility index (Phi) is 4.90. The number of fused-ring (bicyclic) bond motifs is 1. The Balaban J connectivity index is 1.63. The van der Waals surface area contributed by atoms with Crippen LogP contribution >= 0.6 is 11.6 Å². The van der Waals surface area contributed by atoms with Crippen LogP contribution in [0.15, 0.2) is 59.4 Å². The summed E-state index contributed by atoms with van der Waals surface area (Å²) in [5, 5.41) is 4.98. The molecule has 0 bridgehead atoms. The molecule has 0 amide bonds. The molecule has 0 aliphatic heterocycles. The van der Waals surface area contributed by atoms with Gasteiger partial charge in [0.2, 0.25) is 0 Å². The molecule has 0 fully saturated rings. The number of esters is 1. The molecule has 1 N–H and O–H groups in total. The second-order valence-electron chi connectivity index (χ2n) is 6.51. The summed E-state index contributed by atoms with van der Waals surface area (Å²) in [6, 6.07) is 16.2. The van der Waals surface area contributed by atoms with E-state index in [1.54, 1.807) is 38.1 Å². The number of ether oxygens (including phenoxy) is 1. The van der Waals surface area contributed by atoms with Crippen molar-refractivity contribution in [3.8, 4) is 5.69 Å². The molecule has 1 atom stereocenters. The monoisotopic (exact) mass is 408 g/mol. The van der Waals surface area contributed by atoms with Crippen LogP contribution in [0.1, 0.15) is 34.9 Å². The zero-order valence-corrected chi connectivity index (χ0v) is 16.5. The van der Waals surface area contributed by atoms with Gasteiger partial charge in [-0.1, -0.05) is 41.9 Å². The first-order valence-corrected chi connectivity index (χ1v) is 9.34. The van der Waals surface area contributed by atoms with Crippen LogP contribution < -0.4 is 5.56 Å². The number of nitrogens with zero attached hydrogens (tertiary/aromatic N) is 3. The summed E-state index contributed by atoms with van der Waals surface area (Å²) in [4.78, 5) is 32.1. The van der Waals surface area contributed by atoms with Crippen molar-refractivity contribution >= 4 is 28.5 Å². The van der Waals surface area contributed by atoms with Crippen LogP contribution in [0, 0.1) is 6.92 Å². The number of benzene rings is 2. The van der Waals surface area contributed by atoms with Gasteiger partial charge in [0.05, 0.1) is 22.3 Å². The maximum Gasteiger partial charge on any atom is 0.343 e. The summed E-state index contributed by atoms with van der Waals surface area (Å²) >= 11 is 6.42. The van der Waals surface area contributed by atoms with Gasteiger partial charge in [0.15, 0.2) is 11.9 Å². The molecule has 0 unspecified atom stereocenters. The average Bonchev–Trinajstić information content (AvgIpc) is 3.02. The summed E-state index contributed by atoms with van der Waals surface area (Å²) in [6.07, 6.45) is -0.782. The third-order valence-electron chi connectivity index (χ3n) is 4.51. The highest BCUT2D eigenvalue weighted by atomic mass is 35.5. The molecule has 4 aromatic rings. The first-order valence-electron chi connectivity index (χ1n) is 8.96. The normalized spacial score (nSPS) is 12.1. The summed E-state index contributed by atoms with van der Waals surface area (Å²) < 4.78 is 7.01. The smallest absolute Gasteiger partial charge is 0.343 e. The van der Waals surface area contributed by atoms with Crippen molar-refractivity contribution < 1.29 is 9.53 Å². The van der Waals surface area contributed by atoms with Gasteiger partial charge in [0, 0.05) is 0 Å². The number of para-hydroxylation sites is 2. The van der Waals surface area contributed by atoms with Gasteiger partial charge >= 0.3 is 5.97 Å². The Morgan fingerprint density at radius 2 is 1.83 bits per heavy atom. The fourth-order valence-corrected chi connectivity index (χ4v) is 3.39. The lowest BCUT2D eigenvalue weighted by atomic mass is 10.2. The van der Waals surface area contributed by atoms with Crippen LogP contribution in [0.25, 0.3) is 16.6 Å². The van der Waals surface area contributed by atoms with E-state index in [4.69, 9.17) is 16.3 Å². The van der Waals surface area contributed by atoms with Crippen LogP contribution in [0.2, 0.25) is 5.15 Å². The van der Waals surface area contributed by atoms with Crippen molar-refractivity contribution in [1.82, 2.24) is 19.7 Å². The molecule has 8 heteroatoms. The Morgan fingerprint density at radius 3 is 2.59 bits per heavy atom. The quantitative estimate of drug-likeness (QED) is 0.516. The number of nitrogens with one attached hydrogen (secondary N) is 1. The van der Waals surface area contributed by atoms with Crippen molar-refractivity contribution in [2.45, 2.75) is 20.0 Å². The van der Waals surface area contributed by atoms with E-state index in [1.807, 2.05) is 30.3 Å². The fourth-order valence-electron chi connectivity index (χ4n) is 3.04. The zero-order chi connectivity index (χ0) is 20.5. The summed E-state index contributed by atoms with van der Waals surface area (Å²) in [6.45, 7) is 3.32. The van der Waals surface area contributed by atoms with Gasteiger partial charge in [0.1, 0.15) is 10.7 Å². The maximum absolute atomic E-state index is 12.8. The van der Waals surface area contributed by atoms with Gasteiger partial charge in [0.25, 0.3) is 5.56 Å². The Bertz CT molecular complexity index is 1260. The lowest BCUT2D eigenvalue weighted by Gasteiger charge is -2.13. The van der Waals surface area contributed by atoms with Crippen LogP contribution in [-0.2, 0) is 4.74 Å². The molecule has 0 saturated carbocycles. The van der Waals surface area contributed by atoms with Crippen molar-refractivity contribution in [2.24, 2.45) is 0 Å². The molecule has 0 aliphatic carbocycles. The predicted molar refractivity (Wildman–Crippen MR) is 110 cm³/mol. The first kappa shape index (κ1) is 18.9. The number of aryl methyl sites for hydroxylation is 1. The van der Waals surface area contributed by atoms with Crippen LogP contribution in [0.4, 0.5) is 0 Å². The zero-order valence-electron chi connectivity index (χ0n) is 15.7. The minimum Gasteiger partial charge on any atom is -0.451 e. The number of hydrogen-bond acceptors (Lipinski definition) is 5. The second kappa shape index (κ2) is 7.52. The highest BCUT2D eigenvalue weighted by Gasteiger charge is 2.25. The third-order valence-corrected chi connectivity index (χ3v) is 4.86. The lowest BCUT2D eigenvalue weighted by Crippen LogP contribution is -2.17. The predicted octanol–water partition coefficient (Wildman–Crippen LogP) is 3.99. The van der Waals surface area contributed by atoms with Crippen LogP contribution in [-0.4, -0.2) is 25.7 Å². The van der Waals surface area contributed by atoms with E-state index in [1.165, 1.54) is 4.68 Å². The summed E-state index contributed by atoms with van der Waals surface area (Å²) in [7, 11) is 0. The molecule has 0 spiro atoms. The van der Waals surface area contributed by atoms with E-state index in [2.05, 4.69) is 15.1 Å². The average molecular weight is 409 g/mol. The number of halogens is 1. The number of rotatable bonds is 4. The molecule has 0 aliphatic rings. The number of carbonyl (C=O) groups is 1. The topological polar surface area (TPSA) is 89.9 Å². The number of H-pyrrole nitrogens is 1. The number of carbonyl (C=O) groups excluding carboxylic acids is 1. The molecule has 29 heavy (non-hydrogen) atoms. The molecule has 146 valence electrons. The molecule has 4 rings (SSSR count). The molecule has 2 aromatic heterocycles. The molecule has 2 aromatic carbocycles. The van der Waals surface area contributed by atoms with Crippen LogP contribution in [0.5, 0.6) is 0 Å². The summed E-state index contributed by atoms with van der Waals surface area (Å²) in [5.41, 5.74) is 1.58. The van der Waals surface area contributed by atoms with Crippen molar-refractivity contribution in [1.29, 1.82) is 0 Å². The first-order chi connectivity index (χ1) is 14.0.